The van der Waals surface area contributed by atoms with E-state index >= 15 is 0 Å². The second-order valence-electron chi connectivity index (χ2n) is 7.23. The molecule has 3 amide bonds. The number of urea groups is 1. The molecule has 3 rings (SSSR count). The lowest BCUT2D eigenvalue weighted by atomic mass is 9.86. The molecule has 10 nitrogen and oxygen atoms in total. The molecule has 2 atom stereocenters. The van der Waals surface area contributed by atoms with Crippen molar-refractivity contribution >= 4 is 34.7 Å². The number of imidazole rings is 1. The molecular formula is C17H23ClN6O4. The first-order valence-corrected chi connectivity index (χ1v) is 9.50. The smallest absolute Gasteiger partial charge is 0.332 e. The van der Waals surface area contributed by atoms with Crippen molar-refractivity contribution in [3.8, 4) is 0 Å². The van der Waals surface area contributed by atoms with E-state index in [0.717, 1.165) is 30.3 Å². The number of rotatable bonds is 3. The maximum absolute atomic E-state index is 12.5. The first kappa shape index (κ1) is 20.1. The van der Waals surface area contributed by atoms with Crippen molar-refractivity contribution in [3.63, 3.8) is 0 Å². The summed E-state index contributed by atoms with van der Waals surface area (Å²) in [5, 5.41) is 4.97. The van der Waals surface area contributed by atoms with Gasteiger partial charge in [-0.1, -0.05) is 19.8 Å². The largest absolute Gasteiger partial charge is 0.335 e. The molecule has 0 saturated heterocycles. The number of hydrogen-bond donors (Lipinski definition) is 2. The number of nitrogens with zero attached hydrogens (tertiary/aromatic N) is 4. The molecule has 2 heterocycles. The normalized spacial score (nSPS) is 19.6. The number of aryl methyl sites for hydroxylation is 1. The van der Waals surface area contributed by atoms with E-state index in [2.05, 4.69) is 22.5 Å². The van der Waals surface area contributed by atoms with E-state index in [9.17, 15) is 19.2 Å². The minimum Gasteiger partial charge on any atom is -0.335 e. The molecule has 1 saturated carbocycles. The van der Waals surface area contributed by atoms with Gasteiger partial charge in [-0.05, 0) is 30.4 Å². The second kappa shape index (κ2) is 7.78. The Bertz CT molecular complexity index is 1050. The minimum atomic E-state index is -0.641. The topological polar surface area (TPSA) is 120 Å². The van der Waals surface area contributed by atoms with E-state index in [1.54, 1.807) is 0 Å². The Hall–Kier alpha value is -2.62. The van der Waals surface area contributed by atoms with Crippen LogP contribution in [0.15, 0.2) is 9.59 Å². The number of carbonyl (C=O) groups excluding carboxylic acids is 2. The van der Waals surface area contributed by atoms with Gasteiger partial charge in [0.25, 0.3) is 5.56 Å². The van der Waals surface area contributed by atoms with Crippen molar-refractivity contribution in [1.82, 2.24) is 29.3 Å². The standard InChI is InChI=1S/C17H23ClN6O4/c1-9-6-4-5-7-10(9)19-16(27)20-11(25)8-24-12-13(21-15(24)18)22(2)17(28)23(3)14(12)26/h9-10H,4-8H2,1-3H3,(H2,19,20,25,27)/t9-,10-/m1/s1. The third-order valence-corrected chi connectivity index (χ3v) is 5.57. The molecule has 11 heteroatoms. The lowest BCUT2D eigenvalue weighted by molar-refractivity contribution is -0.120. The molecule has 1 fully saturated rings. The number of aromatic nitrogens is 4. The van der Waals surface area contributed by atoms with Gasteiger partial charge >= 0.3 is 11.7 Å². The van der Waals surface area contributed by atoms with Crippen LogP contribution in [0.1, 0.15) is 32.6 Å². The summed E-state index contributed by atoms with van der Waals surface area (Å²) in [7, 11) is 2.78. The van der Waals surface area contributed by atoms with Gasteiger partial charge in [-0.15, -0.1) is 0 Å². The third kappa shape index (κ3) is 3.68. The number of imide groups is 1. The van der Waals surface area contributed by atoms with E-state index in [-0.39, 0.29) is 29.0 Å². The average molecular weight is 411 g/mol. The maximum atomic E-state index is 12.5. The molecular weight excluding hydrogens is 388 g/mol. The van der Waals surface area contributed by atoms with Gasteiger partial charge in [0, 0.05) is 20.1 Å². The summed E-state index contributed by atoms with van der Waals surface area (Å²) in [5.41, 5.74) is -1.08. The zero-order valence-electron chi connectivity index (χ0n) is 16.0. The number of amides is 3. The van der Waals surface area contributed by atoms with Crippen LogP contribution in [0, 0.1) is 5.92 Å². The van der Waals surface area contributed by atoms with Crippen molar-refractivity contribution < 1.29 is 9.59 Å². The van der Waals surface area contributed by atoms with E-state index in [4.69, 9.17) is 11.6 Å². The van der Waals surface area contributed by atoms with Gasteiger partial charge in [0.2, 0.25) is 11.2 Å². The molecule has 28 heavy (non-hydrogen) atoms. The minimum absolute atomic E-state index is 0.0195. The van der Waals surface area contributed by atoms with Crippen LogP contribution >= 0.6 is 11.6 Å². The highest BCUT2D eigenvalue weighted by atomic mass is 35.5. The Morgan fingerprint density at radius 3 is 2.54 bits per heavy atom. The van der Waals surface area contributed by atoms with Crippen LogP contribution < -0.4 is 21.9 Å². The summed E-state index contributed by atoms with van der Waals surface area (Å²) >= 11 is 6.08. The van der Waals surface area contributed by atoms with Crippen LogP contribution in [0.2, 0.25) is 5.28 Å². The van der Waals surface area contributed by atoms with Crippen LogP contribution in [0.25, 0.3) is 11.2 Å². The quantitative estimate of drug-likeness (QED) is 0.713. The van der Waals surface area contributed by atoms with Crippen LogP contribution in [-0.2, 0) is 25.4 Å². The number of hydrogen-bond acceptors (Lipinski definition) is 5. The summed E-state index contributed by atoms with van der Waals surface area (Å²) in [6.07, 6.45) is 4.10. The summed E-state index contributed by atoms with van der Waals surface area (Å²) in [4.78, 5) is 53.0. The molecule has 2 aromatic heterocycles. The molecule has 0 aliphatic heterocycles. The summed E-state index contributed by atoms with van der Waals surface area (Å²) in [6, 6.07) is -0.550. The predicted molar refractivity (Wildman–Crippen MR) is 103 cm³/mol. The SMILES string of the molecule is C[C@@H]1CCCC[C@H]1NC(=O)NC(=O)Cn1c(Cl)nc2c1c(=O)n(C)c(=O)n2C. The highest BCUT2D eigenvalue weighted by molar-refractivity contribution is 6.29. The Morgan fingerprint density at radius 1 is 1.18 bits per heavy atom. The van der Waals surface area contributed by atoms with Crippen molar-refractivity contribution in [2.75, 3.05) is 0 Å². The highest BCUT2D eigenvalue weighted by Gasteiger charge is 2.24. The molecule has 2 aromatic rings. The number of halogens is 1. The van der Waals surface area contributed by atoms with Gasteiger partial charge in [0.1, 0.15) is 6.54 Å². The van der Waals surface area contributed by atoms with Crippen LogP contribution in [-0.4, -0.2) is 36.7 Å². The van der Waals surface area contributed by atoms with E-state index < -0.39 is 23.2 Å². The number of carbonyl (C=O) groups is 2. The monoisotopic (exact) mass is 410 g/mol. The fourth-order valence-electron chi connectivity index (χ4n) is 3.61. The second-order valence-corrected chi connectivity index (χ2v) is 7.57. The first-order valence-electron chi connectivity index (χ1n) is 9.12. The third-order valence-electron chi connectivity index (χ3n) is 5.28. The van der Waals surface area contributed by atoms with Crippen LogP contribution in [0.3, 0.4) is 0 Å². The molecule has 0 spiro atoms. The number of fused-ring (bicyclic) bond motifs is 1. The van der Waals surface area contributed by atoms with Gasteiger partial charge in [0.05, 0.1) is 0 Å². The molecule has 152 valence electrons. The Balaban J connectivity index is 1.78. The summed E-state index contributed by atoms with van der Waals surface area (Å²) in [5.74, 6) is -0.288. The van der Waals surface area contributed by atoms with Gasteiger partial charge in [-0.2, -0.15) is 4.98 Å². The lowest BCUT2D eigenvalue weighted by Gasteiger charge is -2.29. The Morgan fingerprint density at radius 2 is 1.86 bits per heavy atom. The van der Waals surface area contributed by atoms with Gasteiger partial charge in [-0.3, -0.25) is 28.6 Å². The Labute approximate surface area is 165 Å². The van der Waals surface area contributed by atoms with Crippen LogP contribution in [0.5, 0.6) is 0 Å². The van der Waals surface area contributed by atoms with Crippen molar-refractivity contribution in [1.29, 1.82) is 0 Å². The molecule has 0 aromatic carbocycles. The Kier molecular flexibility index (Phi) is 5.59. The van der Waals surface area contributed by atoms with Crippen molar-refractivity contribution in [3.05, 3.63) is 26.1 Å². The van der Waals surface area contributed by atoms with Gasteiger partial charge < -0.3 is 5.32 Å². The van der Waals surface area contributed by atoms with Crippen LogP contribution in [0.4, 0.5) is 4.79 Å². The van der Waals surface area contributed by atoms with Gasteiger partial charge in [-0.25, -0.2) is 9.59 Å². The zero-order chi connectivity index (χ0) is 20.6. The zero-order valence-corrected chi connectivity index (χ0v) is 16.7. The molecule has 0 bridgehead atoms. The molecule has 0 radical (unpaired) electrons. The first-order chi connectivity index (χ1) is 13.2. The molecule has 1 aliphatic rings. The van der Waals surface area contributed by atoms with Gasteiger partial charge in [0.15, 0.2) is 11.2 Å². The number of nitrogens with one attached hydrogen (secondary N) is 2. The van der Waals surface area contributed by atoms with E-state index in [1.165, 1.54) is 23.2 Å². The molecule has 0 unspecified atom stereocenters. The highest BCUT2D eigenvalue weighted by Crippen LogP contribution is 2.23. The maximum Gasteiger partial charge on any atom is 0.332 e. The predicted octanol–water partition coefficient (Wildman–Crippen LogP) is 0.492. The fourth-order valence-corrected chi connectivity index (χ4v) is 3.83. The van der Waals surface area contributed by atoms with Crippen molar-refractivity contribution in [2.24, 2.45) is 20.0 Å². The summed E-state index contributed by atoms with van der Waals surface area (Å²) < 4.78 is 3.27. The molecule has 1 aliphatic carbocycles. The summed E-state index contributed by atoms with van der Waals surface area (Å²) in [6.45, 7) is 1.69. The van der Waals surface area contributed by atoms with E-state index in [0.29, 0.717) is 5.92 Å². The molecule has 2 N–H and O–H groups in total. The van der Waals surface area contributed by atoms with E-state index in [1.807, 2.05) is 0 Å². The van der Waals surface area contributed by atoms with Crippen molar-refractivity contribution in [2.45, 2.75) is 45.2 Å². The average Bonchev–Trinajstić information content (AvgIpc) is 2.96. The lowest BCUT2D eigenvalue weighted by Crippen LogP contribution is -2.48. The fraction of sp³-hybridized carbons (Fsp3) is 0.588.